The van der Waals surface area contributed by atoms with E-state index >= 15 is 0 Å². The fourth-order valence-electron chi connectivity index (χ4n) is 2.29. The fourth-order valence-corrected chi connectivity index (χ4v) is 2.78. The average Bonchev–Trinajstić information content (AvgIpc) is 2.92. The highest BCUT2D eigenvalue weighted by molar-refractivity contribution is 9.08. The van der Waals surface area contributed by atoms with Crippen molar-refractivity contribution in [1.29, 1.82) is 0 Å². The highest BCUT2D eigenvalue weighted by Crippen LogP contribution is 2.23. The van der Waals surface area contributed by atoms with Crippen LogP contribution in [-0.2, 0) is 10.1 Å². The molecule has 2 aromatic rings. The number of hydrogen-bond donors (Lipinski definition) is 0. The van der Waals surface area contributed by atoms with Crippen molar-refractivity contribution >= 4 is 27.9 Å². The molecule has 2 amide bonds. The Morgan fingerprint density at radius 2 is 1.77 bits per heavy atom. The summed E-state index contributed by atoms with van der Waals surface area (Å²) in [6.45, 7) is 0. The summed E-state index contributed by atoms with van der Waals surface area (Å²) in [5, 5.41) is 1.68. The molecule has 5 nitrogen and oxygen atoms in total. The van der Waals surface area contributed by atoms with Gasteiger partial charge in [-0.2, -0.15) is 9.98 Å². The molecule has 1 aliphatic rings. The number of halogens is 1. The molecule has 0 radical (unpaired) electrons. The van der Waals surface area contributed by atoms with Crippen LogP contribution in [0.5, 0.6) is 0 Å². The summed E-state index contributed by atoms with van der Waals surface area (Å²) < 4.78 is 4.82. The van der Waals surface area contributed by atoms with Crippen molar-refractivity contribution in [3.8, 4) is 11.1 Å². The van der Waals surface area contributed by atoms with Crippen molar-refractivity contribution in [3.05, 3.63) is 58.2 Å². The van der Waals surface area contributed by atoms with Gasteiger partial charge in [0.1, 0.15) is 0 Å². The summed E-state index contributed by atoms with van der Waals surface area (Å²) >= 11 is 3.36. The lowest BCUT2D eigenvalue weighted by atomic mass is 9.99. The van der Waals surface area contributed by atoms with E-state index in [0.29, 0.717) is 21.6 Å². The molecule has 1 heterocycles. The van der Waals surface area contributed by atoms with Crippen LogP contribution in [-0.4, -0.2) is 19.1 Å². The van der Waals surface area contributed by atoms with Crippen LogP contribution < -0.4 is 10.7 Å². The second kappa shape index (κ2) is 5.81. The van der Waals surface area contributed by atoms with E-state index in [-0.39, 0.29) is 5.97 Å². The Morgan fingerprint density at radius 3 is 2.50 bits per heavy atom. The largest absolute Gasteiger partial charge is 0.465 e. The molecular weight excluding hydrogens is 348 g/mol. The van der Waals surface area contributed by atoms with Crippen LogP contribution in [0.25, 0.3) is 11.1 Å². The van der Waals surface area contributed by atoms with Crippen LogP contribution in [0.4, 0.5) is 4.79 Å². The first kappa shape index (κ1) is 14.6. The van der Waals surface area contributed by atoms with Gasteiger partial charge in [0.15, 0.2) is 0 Å². The van der Waals surface area contributed by atoms with Gasteiger partial charge >= 0.3 is 12.0 Å². The normalized spacial score (nSPS) is 12.4. The predicted octanol–water partition coefficient (Wildman–Crippen LogP) is 2.41. The van der Waals surface area contributed by atoms with Crippen molar-refractivity contribution in [3.63, 3.8) is 0 Å². The van der Waals surface area contributed by atoms with Crippen LogP contribution in [0, 0.1) is 0 Å². The van der Waals surface area contributed by atoms with Crippen molar-refractivity contribution in [1.82, 2.24) is 0 Å². The third-order valence-electron chi connectivity index (χ3n) is 3.40. The second-order valence-corrected chi connectivity index (χ2v) is 5.27. The molecule has 0 aromatic heterocycles. The predicted molar refractivity (Wildman–Crippen MR) is 83.6 cm³/mol. The van der Waals surface area contributed by atoms with Gasteiger partial charge in [0.25, 0.3) is 0 Å². The van der Waals surface area contributed by atoms with E-state index in [1.54, 1.807) is 18.2 Å². The van der Waals surface area contributed by atoms with E-state index < -0.39 is 6.03 Å². The molecule has 110 valence electrons. The lowest BCUT2D eigenvalue weighted by Crippen LogP contribution is -2.20. The summed E-state index contributed by atoms with van der Waals surface area (Å²) in [5.74, 6) is -0.382. The maximum Gasteiger partial charge on any atom is 0.368 e. The SMILES string of the molecule is COC(=O)c1cc(-c2ccc3c(c2)=NC(=O)N=3)ccc1CBr. The van der Waals surface area contributed by atoms with Gasteiger partial charge in [0.2, 0.25) is 0 Å². The third kappa shape index (κ3) is 2.57. The van der Waals surface area contributed by atoms with Gasteiger partial charge in [-0.3, -0.25) is 0 Å². The van der Waals surface area contributed by atoms with Crippen molar-refractivity contribution in [2.75, 3.05) is 7.11 Å². The standard InChI is InChI=1S/C16H11BrN2O3/c1-22-15(20)12-6-9(2-3-11(12)8-17)10-4-5-13-14(7-10)19-16(21)18-13/h2-7H,8H2,1H3. The molecule has 0 fully saturated rings. The summed E-state index contributed by atoms with van der Waals surface area (Å²) in [7, 11) is 1.36. The summed E-state index contributed by atoms with van der Waals surface area (Å²) in [6, 6.07) is 10.5. The molecule has 0 saturated carbocycles. The minimum Gasteiger partial charge on any atom is -0.465 e. The van der Waals surface area contributed by atoms with Gasteiger partial charge in [0.05, 0.1) is 23.4 Å². The Hall–Kier alpha value is -2.34. The Labute approximate surface area is 134 Å². The molecule has 0 bridgehead atoms. The van der Waals surface area contributed by atoms with Gasteiger partial charge in [-0.25, -0.2) is 9.59 Å². The fraction of sp³-hybridized carbons (Fsp3) is 0.125. The number of esters is 1. The third-order valence-corrected chi connectivity index (χ3v) is 4.00. The first-order chi connectivity index (χ1) is 10.6. The molecule has 6 heteroatoms. The zero-order chi connectivity index (χ0) is 15.7. The maximum absolute atomic E-state index is 11.9. The van der Waals surface area contributed by atoms with E-state index in [4.69, 9.17) is 4.74 Å². The Bertz CT molecular complexity index is 906. The van der Waals surface area contributed by atoms with Crippen molar-refractivity contribution < 1.29 is 14.3 Å². The number of carbonyl (C=O) groups excluding carboxylic acids is 2. The van der Waals surface area contributed by atoms with Crippen LogP contribution >= 0.6 is 15.9 Å². The number of nitrogens with zero attached hydrogens (tertiary/aromatic N) is 2. The second-order valence-electron chi connectivity index (χ2n) is 4.71. The van der Waals surface area contributed by atoms with Crippen molar-refractivity contribution in [2.24, 2.45) is 9.98 Å². The molecular formula is C16H11BrN2O3. The Balaban J connectivity index is 2.12. The number of ether oxygens (including phenoxy) is 1. The van der Waals surface area contributed by atoms with Gasteiger partial charge in [-0.1, -0.05) is 34.1 Å². The molecule has 2 aromatic carbocycles. The lowest BCUT2D eigenvalue weighted by Gasteiger charge is -2.08. The Kier molecular flexibility index (Phi) is 3.85. The number of benzene rings is 2. The van der Waals surface area contributed by atoms with E-state index in [9.17, 15) is 9.59 Å². The summed E-state index contributed by atoms with van der Waals surface area (Å²) in [6.07, 6.45) is 0. The number of amides is 2. The number of methoxy groups -OCH3 is 1. The number of carbonyl (C=O) groups is 2. The molecule has 0 unspecified atom stereocenters. The van der Waals surface area contributed by atoms with Gasteiger partial charge in [0, 0.05) is 5.33 Å². The average molecular weight is 359 g/mol. The number of fused-ring (bicyclic) bond motifs is 1. The Morgan fingerprint density at radius 1 is 1.09 bits per heavy atom. The number of hydrogen-bond acceptors (Lipinski definition) is 3. The van der Waals surface area contributed by atoms with Crippen LogP contribution in [0.1, 0.15) is 15.9 Å². The summed E-state index contributed by atoms with van der Waals surface area (Å²) in [5.41, 5.74) is 3.07. The quantitative estimate of drug-likeness (QED) is 0.624. The zero-order valence-electron chi connectivity index (χ0n) is 11.7. The zero-order valence-corrected chi connectivity index (χ0v) is 13.3. The van der Waals surface area contributed by atoms with E-state index in [1.807, 2.05) is 18.2 Å². The maximum atomic E-state index is 11.9. The molecule has 1 aliphatic heterocycles. The van der Waals surface area contributed by atoms with Crippen LogP contribution in [0.2, 0.25) is 0 Å². The highest BCUT2D eigenvalue weighted by Gasteiger charge is 2.13. The van der Waals surface area contributed by atoms with Gasteiger partial charge < -0.3 is 4.74 Å². The smallest absolute Gasteiger partial charge is 0.368 e. The van der Waals surface area contributed by atoms with Gasteiger partial charge in [-0.05, 0) is 34.9 Å². The van der Waals surface area contributed by atoms with Gasteiger partial charge in [-0.15, -0.1) is 0 Å². The van der Waals surface area contributed by atoms with E-state index in [1.165, 1.54) is 7.11 Å². The summed E-state index contributed by atoms with van der Waals surface area (Å²) in [4.78, 5) is 30.7. The van der Waals surface area contributed by atoms with E-state index in [2.05, 4.69) is 25.9 Å². The number of rotatable bonds is 3. The first-order valence-corrected chi connectivity index (χ1v) is 7.63. The first-order valence-electron chi connectivity index (χ1n) is 6.51. The molecule has 3 rings (SSSR count). The molecule has 0 N–H and O–H groups in total. The molecule has 0 saturated heterocycles. The minimum atomic E-state index is -0.489. The number of urea groups is 1. The molecule has 0 spiro atoms. The van der Waals surface area contributed by atoms with Crippen molar-refractivity contribution in [2.45, 2.75) is 5.33 Å². The molecule has 0 atom stereocenters. The van der Waals surface area contributed by atoms with E-state index in [0.717, 1.165) is 16.7 Å². The molecule has 22 heavy (non-hydrogen) atoms. The minimum absolute atomic E-state index is 0.382. The topological polar surface area (TPSA) is 68.1 Å². The molecule has 0 aliphatic carbocycles. The van der Waals surface area contributed by atoms with Crippen LogP contribution in [0.3, 0.4) is 0 Å². The highest BCUT2D eigenvalue weighted by atomic mass is 79.9. The monoisotopic (exact) mass is 358 g/mol. The van der Waals surface area contributed by atoms with Crippen LogP contribution in [0.15, 0.2) is 46.4 Å². The lowest BCUT2D eigenvalue weighted by molar-refractivity contribution is 0.0600. The number of alkyl halides is 1.